The molecular formula is C22H18ClN5OS. The van der Waals surface area contributed by atoms with Gasteiger partial charge in [-0.05, 0) is 78.8 Å². The van der Waals surface area contributed by atoms with Gasteiger partial charge in [-0.2, -0.15) is 4.80 Å². The first-order valence-electron chi connectivity index (χ1n) is 9.36. The van der Waals surface area contributed by atoms with Gasteiger partial charge in [0, 0.05) is 16.3 Å². The number of hydrogen-bond donors (Lipinski definition) is 2. The normalized spacial score (nSPS) is 10.7. The smallest absolute Gasteiger partial charge is 0.257 e. The van der Waals surface area contributed by atoms with E-state index in [2.05, 4.69) is 27.8 Å². The number of nitrogens with one attached hydrogen (secondary N) is 2. The Kier molecular flexibility index (Phi) is 5.74. The van der Waals surface area contributed by atoms with Gasteiger partial charge in [0.05, 0.1) is 5.69 Å². The van der Waals surface area contributed by atoms with Gasteiger partial charge in [0.25, 0.3) is 5.91 Å². The first-order chi connectivity index (χ1) is 14.5. The molecule has 0 fully saturated rings. The van der Waals surface area contributed by atoms with Crippen molar-refractivity contribution in [2.75, 3.05) is 5.32 Å². The lowest BCUT2D eigenvalue weighted by Gasteiger charge is -2.09. The van der Waals surface area contributed by atoms with E-state index in [9.17, 15) is 4.79 Å². The van der Waals surface area contributed by atoms with Crippen molar-refractivity contribution in [2.24, 2.45) is 0 Å². The Labute approximate surface area is 183 Å². The van der Waals surface area contributed by atoms with Gasteiger partial charge in [-0.25, -0.2) is 0 Å². The highest BCUT2D eigenvalue weighted by molar-refractivity contribution is 7.80. The third-order valence-corrected chi connectivity index (χ3v) is 5.00. The van der Waals surface area contributed by atoms with Gasteiger partial charge < -0.3 is 5.32 Å². The van der Waals surface area contributed by atoms with E-state index >= 15 is 0 Å². The molecule has 0 bridgehead atoms. The van der Waals surface area contributed by atoms with Crippen molar-refractivity contribution >= 4 is 51.6 Å². The summed E-state index contributed by atoms with van der Waals surface area (Å²) < 4.78 is 0. The van der Waals surface area contributed by atoms with Crippen molar-refractivity contribution in [3.05, 3.63) is 82.9 Å². The monoisotopic (exact) mass is 435 g/mol. The number of rotatable bonds is 4. The molecule has 0 unspecified atom stereocenters. The Balaban J connectivity index is 1.45. The number of aromatic nitrogens is 3. The van der Waals surface area contributed by atoms with E-state index in [1.54, 1.807) is 29.1 Å². The summed E-state index contributed by atoms with van der Waals surface area (Å²) in [5.41, 5.74) is 4.67. The second-order valence-corrected chi connectivity index (χ2v) is 7.47. The number of anilines is 1. The predicted molar refractivity (Wildman–Crippen MR) is 123 cm³/mol. The van der Waals surface area contributed by atoms with Crippen LogP contribution in [0.2, 0.25) is 5.02 Å². The SMILES string of the molecule is CCc1ccc(C(=O)NC(=S)Nc2ccc3nn(-c4ccc(Cl)cc4)nc3c2)cc1. The molecule has 0 aliphatic carbocycles. The van der Waals surface area contributed by atoms with E-state index in [0.29, 0.717) is 21.8 Å². The standard InChI is InChI=1S/C22H18ClN5OS/c1-2-14-3-5-15(6-4-14)21(29)25-22(30)24-17-9-12-19-20(13-17)27-28(26-19)18-10-7-16(23)8-11-18/h3-13H,2H2,1H3,(H2,24,25,29,30). The number of thiocarbonyl (C=S) groups is 1. The molecule has 1 amide bonds. The van der Waals surface area contributed by atoms with Crippen molar-refractivity contribution < 1.29 is 4.79 Å². The molecule has 0 radical (unpaired) electrons. The van der Waals surface area contributed by atoms with Crippen LogP contribution in [-0.4, -0.2) is 26.0 Å². The van der Waals surface area contributed by atoms with E-state index in [1.807, 2.05) is 42.5 Å². The lowest BCUT2D eigenvalue weighted by molar-refractivity contribution is 0.0977. The highest BCUT2D eigenvalue weighted by atomic mass is 35.5. The Hall–Kier alpha value is -3.29. The van der Waals surface area contributed by atoms with Crippen LogP contribution in [0.25, 0.3) is 16.7 Å². The summed E-state index contributed by atoms with van der Waals surface area (Å²) in [4.78, 5) is 13.9. The van der Waals surface area contributed by atoms with Gasteiger partial charge in [0.15, 0.2) is 5.11 Å². The third-order valence-electron chi connectivity index (χ3n) is 4.55. The molecule has 0 aliphatic rings. The fourth-order valence-corrected chi connectivity index (χ4v) is 3.25. The molecule has 0 saturated heterocycles. The largest absolute Gasteiger partial charge is 0.332 e. The number of nitrogens with zero attached hydrogens (tertiary/aromatic N) is 3. The van der Waals surface area contributed by atoms with E-state index in [4.69, 9.17) is 23.8 Å². The van der Waals surface area contributed by atoms with Gasteiger partial charge >= 0.3 is 0 Å². The average Bonchev–Trinajstić information content (AvgIpc) is 3.17. The molecule has 8 heteroatoms. The molecule has 0 atom stereocenters. The highest BCUT2D eigenvalue weighted by Gasteiger charge is 2.10. The highest BCUT2D eigenvalue weighted by Crippen LogP contribution is 2.18. The molecule has 0 saturated carbocycles. The summed E-state index contributed by atoms with van der Waals surface area (Å²) in [6.45, 7) is 2.07. The molecule has 150 valence electrons. The van der Waals surface area contributed by atoms with Crippen LogP contribution in [0.1, 0.15) is 22.8 Å². The number of aryl methyl sites for hydroxylation is 1. The second kappa shape index (κ2) is 8.61. The molecule has 1 heterocycles. The van der Waals surface area contributed by atoms with Crippen molar-refractivity contribution in [3.8, 4) is 5.69 Å². The zero-order valence-electron chi connectivity index (χ0n) is 16.1. The Bertz CT molecular complexity index is 1220. The molecule has 2 N–H and O–H groups in total. The van der Waals surface area contributed by atoms with E-state index < -0.39 is 0 Å². The van der Waals surface area contributed by atoms with Crippen molar-refractivity contribution in [3.63, 3.8) is 0 Å². The summed E-state index contributed by atoms with van der Waals surface area (Å²) in [7, 11) is 0. The van der Waals surface area contributed by atoms with Gasteiger partial charge in [-0.15, -0.1) is 10.2 Å². The zero-order valence-corrected chi connectivity index (χ0v) is 17.7. The first-order valence-corrected chi connectivity index (χ1v) is 10.1. The van der Waals surface area contributed by atoms with Crippen LogP contribution in [0.15, 0.2) is 66.7 Å². The second-order valence-electron chi connectivity index (χ2n) is 6.63. The van der Waals surface area contributed by atoms with Crippen molar-refractivity contribution in [2.45, 2.75) is 13.3 Å². The van der Waals surface area contributed by atoms with E-state index in [0.717, 1.165) is 17.6 Å². The van der Waals surface area contributed by atoms with Crippen LogP contribution in [0.3, 0.4) is 0 Å². The first kappa shape index (κ1) is 20.0. The maximum absolute atomic E-state index is 12.4. The van der Waals surface area contributed by atoms with Crippen LogP contribution in [0.4, 0.5) is 5.69 Å². The van der Waals surface area contributed by atoms with Gasteiger partial charge in [-0.1, -0.05) is 30.7 Å². The van der Waals surface area contributed by atoms with Gasteiger partial charge in [0.1, 0.15) is 11.0 Å². The average molecular weight is 436 g/mol. The molecule has 4 aromatic rings. The molecule has 0 aliphatic heterocycles. The summed E-state index contributed by atoms with van der Waals surface area (Å²) >= 11 is 11.2. The summed E-state index contributed by atoms with van der Waals surface area (Å²) in [5, 5.41) is 15.5. The molecule has 3 aromatic carbocycles. The minimum atomic E-state index is -0.259. The minimum absolute atomic E-state index is 0.212. The topological polar surface area (TPSA) is 71.8 Å². The summed E-state index contributed by atoms with van der Waals surface area (Å²) in [6, 6.07) is 20.2. The molecule has 6 nitrogen and oxygen atoms in total. The number of fused-ring (bicyclic) bond motifs is 1. The molecule has 30 heavy (non-hydrogen) atoms. The quantitative estimate of drug-likeness (QED) is 0.452. The molecule has 0 spiro atoms. The van der Waals surface area contributed by atoms with Crippen molar-refractivity contribution in [1.82, 2.24) is 20.3 Å². The Morgan fingerprint density at radius 3 is 2.40 bits per heavy atom. The number of benzene rings is 3. The van der Waals surface area contributed by atoms with E-state index in [-0.39, 0.29) is 11.0 Å². The van der Waals surface area contributed by atoms with Gasteiger partial charge in [0.2, 0.25) is 0 Å². The maximum atomic E-state index is 12.4. The van der Waals surface area contributed by atoms with Crippen molar-refractivity contribution in [1.29, 1.82) is 0 Å². The number of halogens is 1. The lowest BCUT2D eigenvalue weighted by atomic mass is 10.1. The van der Waals surface area contributed by atoms with Crippen LogP contribution in [-0.2, 0) is 6.42 Å². The molecule has 4 rings (SSSR count). The number of carbonyl (C=O) groups is 1. The third kappa shape index (κ3) is 4.48. The van der Waals surface area contributed by atoms with Crippen LogP contribution < -0.4 is 10.6 Å². The number of hydrogen-bond acceptors (Lipinski definition) is 4. The van der Waals surface area contributed by atoms with Crippen LogP contribution in [0, 0.1) is 0 Å². The Morgan fingerprint density at radius 2 is 1.70 bits per heavy atom. The predicted octanol–water partition coefficient (Wildman–Crippen LogP) is 4.76. The number of amides is 1. The van der Waals surface area contributed by atoms with Crippen LogP contribution >= 0.6 is 23.8 Å². The number of carbonyl (C=O) groups excluding carboxylic acids is 1. The zero-order chi connectivity index (χ0) is 21.1. The van der Waals surface area contributed by atoms with Gasteiger partial charge in [-0.3, -0.25) is 10.1 Å². The summed E-state index contributed by atoms with van der Waals surface area (Å²) in [5.74, 6) is -0.259. The molecule has 1 aromatic heterocycles. The lowest BCUT2D eigenvalue weighted by Crippen LogP contribution is -2.34. The fourth-order valence-electron chi connectivity index (χ4n) is 2.91. The molecular weight excluding hydrogens is 418 g/mol. The fraction of sp³-hybridized carbons (Fsp3) is 0.0909. The maximum Gasteiger partial charge on any atom is 0.257 e. The summed E-state index contributed by atoms with van der Waals surface area (Å²) in [6.07, 6.45) is 0.924. The van der Waals surface area contributed by atoms with Crippen LogP contribution in [0.5, 0.6) is 0 Å². The minimum Gasteiger partial charge on any atom is -0.332 e. The Morgan fingerprint density at radius 1 is 1.00 bits per heavy atom. The van der Waals surface area contributed by atoms with E-state index in [1.165, 1.54) is 5.56 Å².